The van der Waals surface area contributed by atoms with Crippen molar-refractivity contribution in [3.8, 4) is 0 Å². The first kappa shape index (κ1) is 12.7. The van der Waals surface area contributed by atoms with E-state index in [1.807, 2.05) is 30.3 Å². The summed E-state index contributed by atoms with van der Waals surface area (Å²) in [6, 6.07) is 9.41. The summed E-state index contributed by atoms with van der Waals surface area (Å²) in [6.45, 7) is 4.48. The molecule has 16 heavy (non-hydrogen) atoms. The van der Waals surface area contributed by atoms with Gasteiger partial charge in [0.15, 0.2) is 6.04 Å². The highest BCUT2D eigenvalue weighted by molar-refractivity contribution is 5.73. The molecule has 0 aliphatic rings. The van der Waals surface area contributed by atoms with Crippen molar-refractivity contribution in [1.29, 1.82) is 0 Å². The molecule has 0 amide bonds. The van der Waals surface area contributed by atoms with Crippen LogP contribution in [0.5, 0.6) is 0 Å². The van der Waals surface area contributed by atoms with Gasteiger partial charge in [0.2, 0.25) is 0 Å². The number of quaternary nitrogens is 1. The molecule has 0 bridgehead atoms. The second-order valence-corrected chi connectivity index (χ2v) is 4.42. The van der Waals surface area contributed by atoms with Crippen LogP contribution in [-0.4, -0.2) is 12.0 Å². The van der Waals surface area contributed by atoms with Gasteiger partial charge in [-0.25, -0.2) is 4.79 Å². The zero-order valence-electron chi connectivity index (χ0n) is 9.98. The first-order valence-corrected chi connectivity index (χ1v) is 5.63. The third-order valence-corrected chi connectivity index (χ3v) is 2.31. The summed E-state index contributed by atoms with van der Waals surface area (Å²) in [5, 5.41) is 0. The Balaban J connectivity index is 2.35. The molecule has 0 heterocycles. The summed E-state index contributed by atoms with van der Waals surface area (Å²) in [4.78, 5) is 11.6. The van der Waals surface area contributed by atoms with E-state index in [9.17, 15) is 4.79 Å². The van der Waals surface area contributed by atoms with Gasteiger partial charge in [-0.15, -0.1) is 0 Å². The number of rotatable bonds is 5. The molecule has 3 N–H and O–H groups in total. The summed E-state index contributed by atoms with van der Waals surface area (Å²) in [5.41, 5.74) is 4.82. The average molecular weight is 222 g/mol. The standard InChI is InChI=1S/C13H19NO2/c1-10(2)8-12(14)13(15)16-9-11-6-4-3-5-7-11/h3-7,10,12H,8-9,14H2,1-2H3/p+1/t12-/m0/s1. The molecule has 0 unspecified atom stereocenters. The monoisotopic (exact) mass is 222 g/mol. The number of carbonyl (C=O) groups is 1. The van der Waals surface area contributed by atoms with Gasteiger partial charge in [0.1, 0.15) is 6.61 Å². The Morgan fingerprint density at radius 3 is 2.50 bits per heavy atom. The van der Waals surface area contributed by atoms with Crippen LogP contribution < -0.4 is 5.73 Å². The lowest BCUT2D eigenvalue weighted by Gasteiger charge is -2.10. The van der Waals surface area contributed by atoms with Gasteiger partial charge in [-0.3, -0.25) is 0 Å². The van der Waals surface area contributed by atoms with Crippen molar-refractivity contribution < 1.29 is 15.3 Å². The largest absolute Gasteiger partial charge is 0.456 e. The lowest BCUT2D eigenvalue weighted by molar-refractivity contribution is -0.411. The molecule has 3 heteroatoms. The molecular formula is C13H20NO2+. The van der Waals surface area contributed by atoms with Crippen LogP contribution in [-0.2, 0) is 16.1 Å². The molecule has 3 nitrogen and oxygen atoms in total. The summed E-state index contributed by atoms with van der Waals surface area (Å²) < 4.78 is 5.19. The maximum absolute atomic E-state index is 11.6. The summed E-state index contributed by atoms with van der Waals surface area (Å²) in [7, 11) is 0. The van der Waals surface area contributed by atoms with Gasteiger partial charge < -0.3 is 10.5 Å². The molecule has 88 valence electrons. The SMILES string of the molecule is CC(C)C[C@H]([NH3+])C(=O)OCc1ccccc1. The van der Waals surface area contributed by atoms with E-state index in [2.05, 4.69) is 19.6 Å². The molecule has 0 aliphatic heterocycles. The minimum absolute atomic E-state index is 0.211. The van der Waals surface area contributed by atoms with Gasteiger partial charge in [0.25, 0.3) is 0 Å². The number of benzene rings is 1. The quantitative estimate of drug-likeness (QED) is 0.765. The molecule has 1 aromatic rings. The Kier molecular flexibility index (Phi) is 4.99. The van der Waals surface area contributed by atoms with Crippen LogP contribution in [0.15, 0.2) is 30.3 Å². The van der Waals surface area contributed by atoms with E-state index in [-0.39, 0.29) is 12.0 Å². The predicted octanol–water partition coefficient (Wildman–Crippen LogP) is 1.39. The topological polar surface area (TPSA) is 53.9 Å². The molecule has 0 radical (unpaired) electrons. The van der Waals surface area contributed by atoms with E-state index in [4.69, 9.17) is 4.74 Å². The van der Waals surface area contributed by atoms with Crippen LogP contribution in [0, 0.1) is 5.92 Å². The first-order valence-electron chi connectivity index (χ1n) is 5.63. The van der Waals surface area contributed by atoms with Crippen molar-refractivity contribution >= 4 is 5.97 Å². The third kappa shape index (κ3) is 4.45. The van der Waals surface area contributed by atoms with Gasteiger partial charge in [0, 0.05) is 6.42 Å². The molecule has 1 rings (SSSR count). The van der Waals surface area contributed by atoms with Gasteiger partial charge in [0.05, 0.1) is 0 Å². The number of hydrogen-bond acceptors (Lipinski definition) is 2. The van der Waals surface area contributed by atoms with Crippen LogP contribution in [0.3, 0.4) is 0 Å². The molecule has 1 aromatic carbocycles. The maximum Gasteiger partial charge on any atom is 0.365 e. The van der Waals surface area contributed by atoms with E-state index in [1.54, 1.807) is 0 Å². The maximum atomic E-state index is 11.6. The predicted molar refractivity (Wildman–Crippen MR) is 62.4 cm³/mol. The molecule has 0 aliphatic carbocycles. The zero-order chi connectivity index (χ0) is 12.0. The van der Waals surface area contributed by atoms with Crippen molar-refractivity contribution in [3.05, 3.63) is 35.9 Å². The molecule has 0 aromatic heterocycles. The van der Waals surface area contributed by atoms with Crippen LogP contribution in [0.2, 0.25) is 0 Å². The van der Waals surface area contributed by atoms with Gasteiger partial charge in [-0.05, 0) is 11.5 Å². The summed E-state index contributed by atoms with van der Waals surface area (Å²) in [6.07, 6.45) is 0.771. The Morgan fingerprint density at radius 2 is 1.94 bits per heavy atom. The van der Waals surface area contributed by atoms with Gasteiger partial charge in [-0.2, -0.15) is 0 Å². The Morgan fingerprint density at radius 1 is 1.31 bits per heavy atom. The lowest BCUT2D eigenvalue weighted by Crippen LogP contribution is -2.65. The highest BCUT2D eigenvalue weighted by atomic mass is 16.5. The smallest absolute Gasteiger partial charge is 0.365 e. The van der Waals surface area contributed by atoms with E-state index < -0.39 is 0 Å². The summed E-state index contributed by atoms with van der Waals surface area (Å²) in [5.74, 6) is 0.254. The number of carbonyl (C=O) groups excluding carboxylic acids is 1. The second kappa shape index (κ2) is 6.28. The fourth-order valence-electron chi connectivity index (χ4n) is 1.51. The highest BCUT2D eigenvalue weighted by Crippen LogP contribution is 2.05. The van der Waals surface area contributed by atoms with Gasteiger partial charge >= 0.3 is 5.97 Å². The minimum Gasteiger partial charge on any atom is -0.456 e. The summed E-state index contributed by atoms with van der Waals surface area (Å²) >= 11 is 0. The Bertz CT molecular complexity index is 322. The van der Waals surface area contributed by atoms with Crippen molar-refractivity contribution in [2.75, 3.05) is 0 Å². The number of hydrogen-bond donors (Lipinski definition) is 1. The van der Waals surface area contributed by atoms with Crippen LogP contribution in [0.1, 0.15) is 25.8 Å². The van der Waals surface area contributed by atoms with Crippen LogP contribution in [0.4, 0.5) is 0 Å². The molecule has 0 saturated carbocycles. The van der Waals surface area contributed by atoms with E-state index in [0.717, 1.165) is 12.0 Å². The van der Waals surface area contributed by atoms with Crippen molar-refractivity contribution in [3.63, 3.8) is 0 Å². The average Bonchev–Trinajstić information content (AvgIpc) is 2.26. The molecule has 0 saturated heterocycles. The fourth-order valence-corrected chi connectivity index (χ4v) is 1.51. The van der Waals surface area contributed by atoms with Crippen molar-refractivity contribution in [2.24, 2.45) is 5.92 Å². The molecular weight excluding hydrogens is 202 g/mol. The molecule has 0 fully saturated rings. The normalized spacial score (nSPS) is 12.5. The fraction of sp³-hybridized carbons (Fsp3) is 0.462. The van der Waals surface area contributed by atoms with Crippen molar-refractivity contribution in [1.82, 2.24) is 0 Å². The third-order valence-electron chi connectivity index (χ3n) is 2.31. The first-order chi connectivity index (χ1) is 7.59. The van der Waals surface area contributed by atoms with Gasteiger partial charge in [-0.1, -0.05) is 44.2 Å². The zero-order valence-corrected chi connectivity index (χ0v) is 9.98. The number of ether oxygens (including phenoxy) is 1. The molecule has 1 atom stereocenters. The number of esters is 1. The van der Waals surface area contributed by atoms with E-state index >= 15 is 0 Å². The van der Waals surface area contributed by atoms with Crippen molar-refractivity contribution in [2.45, 2.75) is 32.9 Å². The lowest BCUT2D eigenvalue weighted by atomic mass is 10.1. The Hall–Kier alpha value is -1.35. The van der Waals surface area contributed by atoms with E-state index in [1.165, 1.54) is 0 Å². The second-order valence-electron chi connectivity index (χ2n) is 4.42. The Labute approximate surface area is 96.6 Å². The van der Waals surface area contributed by atoms with E-state index in [0.29, 0.717) is 12.5 Å². The molecule has 0 spiro atoms. The highest BCUT2D eigenvalue weighted by Gasteiger charge is 2.19. The minimum atomic E-state index is -0.260. The van der Waals surface area contributed by atoms with Crippen LogP contribution in [0.25, 0.3) is 0 Å². The van der Waals surface area contributed by atoms with Crippen LogP contribution >= 0.6 is 0 Å².